The van der Waals surface area contributed by atoms with Gasteiger partial charge in [0.05, 0.1) is 13.2 Å². The van der Waals surface area contributed by atoms with Crippen molar-refractivity contribution in [1.82, 2.24) is 5.32 Å². The van der Waals surface area contributed by atoms with Crippen LogP contribution in [0.1, 0.15) is 33.1 Å². The molecule has 0 spiro atoms. The first-order chi connectivity index (χ1) is 7.66. The van der Waals surface area contributed by atoms with Gasteiger partial charge in [0.1, 0.15) is 0 Å². The summed E-state index contributed by atoms with van der Waals surface area (Å²) in [6.45, 7) is 6.95. The Morgan fingerprint density at radius 3 is 3.00 bits per heavy atom. The number of thioether (sulfide) groups is 1. The van der Waals surface area contributed by atoms with Crippen LogP contribution in [0.2, 0.25) is 0 Å². The first-order valence-corrected chi connectivity index (χ1v) is 7.17. The van der Waals surface area contributed by atoms with Crippen LogP contribution in [-0.2, 0) is 4.74 Å². The number of nitrogens with zero attached hydrogens (tertiary/aromatic N) is 1. The summed E-state index contributed by atoms with van der Waals surface area (Å²) in [5.74, 6) is 2.02. The lowest BCUT2D eigenvalue weighted by molar-refractivity contribution is 0.132. The summed E-state index contributed by atoms with van der Waals surface area (Å²) >= 11 is 1.83. The van der Waals surface area contributed by atoms with Crippen molar-refractivity contribution in [2.75, 3.05) is 25.5 Å². The van der Waals surface area contributed by atoms with Crippen molar-refractivity contribution in [3.05, 3.63) is 0 Å². The van der Waals surface area contributed by atoms with Gasteiger partial charge in [-0.15, -0.1) is 0 Å². The third kappa shape index (κ3) is 4.34. The molecule has 0 atom stereocenters. The van der Waals surface area contributed by atoms with Gasteiger partial charge in [-0.1, -0.05) is 11.8 Å². The molecule has 0 aromatic carbocycles. The summed E-state index contributed by atoms with van der Waals surface area (Å²) in [7, 11) is 0. The average Bonchev–Trinajstić information content (AvgIpc) is 2.99. The SMILES string of the molecule is CC1(C)CCSC(=NCCOCC2CC2)N1. The van der Waals surface area contributed by atoms with Gasteiger partial charge in [0.15, 0.2) is 5.17 Å². The molecule has 1 aliphatic heterocycles. The van der Waals surface area contributed by atoms with Crippen molar-refractivity contribution in [2.24, 2.45) is 10.9 Å². The van der Waals surface area contributed by atoms with E-state index >= 15 is 0 Å². The molecule has 1 aliphatic carbocycles. The number of amidine groups is 1. The first kappa shape index (κ1) is 12.2. The predicted octanol–water partition coefficient (Wildman–Crippen LogP) is 2.27. The fraction of sp³-hybridized carbons (Fsp3) is 0.917. The quantitative estimate of drug-likeness (QED) is 0.751. The van der Waals surface area contributed by atoms with Crippen LogP contribution in [0.5, 0.6) is 0 Å². The molecule has 1 saturated carbocycles. The largest absolute Gasteiger partial charge is 0.379 e. The molecule has 0 amide bonds. The number of ether oxygens (including phenoxy) is 1. The summed E-state index contributed by atoms with van der Waals surface area (Å²) < 4.78 is 5.56. The fourth-order valence-corrected chi connectivity index (χ4v) is 2.96. The summed E-state index contributed by atoms with van der Waals surface area (Å²) in [5, 5.41) is 4.55. The maximum absolute atomic E-state index is 5.56. The van der Waals surface area contributed by atoms with Crippen LogP contribution in [0.4, 0.5) is 0 Å². The van der Waals surface area contributed by atoms with Gasteiger partial charge in [0.2, 0.25) is 0 Å². The number of hydrogen-bond acceptors (Lipinski definition) is 3. The molecule has 0 radical (unpaired) electrons. The minimum absolute atomic E-state index is 0.207. The van der Waals surface area contributed by atoms with Crippen molar-refractivity contribution >= 4 is 16.9 Å². The highest BCUT2D eigenvalue weighted by Gasteiger charge is 2.24. The summed E-state index contributed by atoms with van der Waals surface area (Å²) in [6.07, 6.45) is 3.93. The Labute approximate surface area is 102 Å². The standard InChI is InChI=1S/C12H22N2OS/c1-12(2)5-8-16-11(14-12)13-6-7-15-9-10-3-4-10/h10H,3-9H2,1-2H3,(H,13,14). The van der Waals surface area contributed by atoms with Gasteiger partial charge in [0.25, 0.3) is 0 Å². The molecule has 2 fully saturated rings. The topological polar surface area (TPSA) is 33.6 Å². The minimum Gasteiger partial charge on any atom is -0.379 e. The molecule has 3 nitrogen and oxygen atoms in total. The van der Waals surface area contributed by atoms with Crippen LogP contribution >= 0.6 is 11.8 Å². The third-order valence-electron chi connectivity index (χ3n) is 2.95. The molecule has 1 N–H and O–H groups in total. The van der Waals surface area contributed by atoms with Gasteiger partial charge in [-0.3, -0.25) is 4.99 Å². The van der Waals surface area contributed by atoms with Gasteiger partial charge < -0.3 is 10.1 Å². The first-order valence-electron chi connectivity index (χ1n) is 6.19. The Morgan fingerprint density at radius 1 is 1.50 bits per heavy atom. The van der Waals surface area contributed by atoms with E-state index in [2.05, 4.69) is 24.2 Å². The molecule has 2 rings (SSSR count). The predicted molar refractivity (Wildman–Crippen MR) is 70.1 cm³/mol. The van der Waals surface area contributed by atoms with Gasteiger partial charge >= 0.3 is 0 Å². The van der Waals surface area contributed by atoms with Crippen LogP contribution in [0.25, 0.3) is 0 Å². The molecule has 0 unspecified atom stereocenters. The number of hydrogen-bond donors (Lipinski definition) is 1. The van der Waals surface area contributed by atoms with E-state index in [1.54, 1.807) is 0 Å². The average molecular weight is 242 g/mol. The Bertz CT molecular complexity index is 262. The molecule has 16 heavy (non-hydrogen) atoms. The Kier molecular flexibility index (Phi) is 4.14. The van der Waals surface area contributed by atoms with Gasteiger partial charge in [-0.2, -0.15) is 0 Å². The maximum atomic E-state index is 5.56. The third-order valence-corrected chi connectivity index (χ3v) is 3.87. The van der Waals surface area contributed by atoms with Gasteiger partial charge in [0, 0.05) is 17.9 Å². The smallest absolute Gasteiger partial charge is 0.157 e. The Hall–Kier alpha value is -0.220. The summed E-state index contributed by atoms with van der Waals surface area (Å²) in [6, 6.07) is 0. The highest BCUT2D eigenvalue weighted by Crippen LogP contribution is 2.28. The lowest BCUT2D eigenvalue weighted by atomic mass is 10.0. The molecule has 0 bridgehead atoms. The van der Waals surface area contributed by atoms with Crippen LogP contribution < -0.4 is 5.32 Å². The molecule has 4 heteroatoms. The van der Waals surface area contributed by atoms with Crippen molar-refractivity contribution in [1.29, 1.82) is 0 Å². The highest BCUT2D eigenvalue weighted by atomic mass is 32.2. The normalized spacial score (nSPS) is 26.8. The summed E-state index contributed by atoms with van der Waals surface area (Å²) in [4.78, 5) is 4.54. The van der Waals surface area contributed by atoms with E-state index in [0.29, 0.717) is 0 Å². The maximum Gasteiger partial charge on any atom is 0.157 e. The Morgan fingerprint density at radius 2 is 2.31 bits per heavy atom. The van der Waals surface area contributed by atoms with E-state index < -0.39 is 0 Å². The van der Waals surface area contributed by atoms with E-state index in [9.17, 15) is 0 Å². The number of nitrogens with one attached hydrogen (secondary N) is 1. The van der Waals surface area contributed by atoms with Gasteiger partial charge in [-0.05, 0) is 39.0 Å². The van der Waals surface area contributed by atoms with Crippen LogP contribution in [-0.4, -0.2) is 36.2 Å². The monoisotopic (exact) mass is 242 g/mol. The Balaban J connectivity index is 1.61. The molecule has 0 aromatic heterocycles. The fourth-order valence-electron chi connectivity index (χ4n) is 1.62. The lowest BCUT2D eigenvalue weighted by Gasteiger charge is -2.32. The van der Waals surface area contributed by atoms with Crippen molar-refractivity contribution in [3.8, 4) is 0 Å². The molecule has 1 saturated heterocycles. The molecule has 92 valence electrons. The van der Waals surface area contributed by atoms with Crippen LogP contribution in [0.3, 0.4) is 0 Å². The molecular weight excluding hydrogens is 220 g/mol. The highest BCUT2D eigenvalue weighted by molar-refractivity contribution is 8.13. The van der Waals surface area contributed by atoms with E-state index in [1.165, 1.54) is 25.0 Å². The lowest BCUT2D eigenvalue weighted by Crippen LogP contribution is -2.46. The van der Waals surface area contributed by atoms with Crippen LogP contribution in [0.15, 0.2) is 4.99 Å². The van der Waals surface area contributed by atoms with E-state index in [4.69, 9.17) is 4.74 Å². The number of aliphatic imine (C=N–C) groups is 1. The number of rotatable bonds is 5. The zero-order valence-corrected chi connectivity index (χ0v) is 11.1. The zero-order valence-electron chi connectivity index (χ0n) is 10.3. The molecular formula is C12H22N2OS. The second-order valence-electron chi connectivity index (χ2n) is 5.31. The second-order valence-corrected chi connectivity index (χ2v) is 6.40. The van der Waals surface area contributed by atoms with E-state index in [-0.39, 0.29) is 5.54 Å². The van der Waals surface area contributed by atoms with E-state index in [0.717, 1.165) is 30.8 Å². The summed E-state index contributed by atoms with van der Waals surface area (Å²) in [5.41, 5.74) is 0.207. The minimum atomic E-state index is 0.207. The van der Waals surface area contributed by atoms with Crippen molar-refractivity contribution in [2.45, 2.75) is 38.6 Å². The second kappa shape index (κ2) is 5.41. The van der Waals surface area contributed by atoms with E-state index in [1.807, 2.05) is 11.8 Å². The molecule has 1 heterocycles. The van der Waals surface area contributed by atoms with Crippen molar-refractivity contribution in [3.63, 3.8) is 0 Å². The zero-order chi connectivity index (χ0) is 11.4. The van der Waals surface area contributed by atoms with Crippen molar-refractivity contribution < 1.29 is 4.74 Å². The molecule has 0 aromatic rings. The van der Waals surface area contributed by atoms with Crippen LogP contribution in [0, 0.1) is 5.92 Å². The molecule has 2 aliphatic rings. The van der Waals surface area contributed by atoms with Gasteiger partial charge in [-0.25, -0.2) is 0 Å².